The van der Waals surface area contributed by atoms with Crippen LogP contribution in [0, 0.1) is 5.92 Å². The van der Waals surface area contributed by atoms with E-state index in [1.165, 1.54) is 0 Å². The number of amides is 1. The summed E-state index contributed by atoms with van der Waals surface area (Å²) in [5.41, 5.74) is 1.84. The minimum atomic E-state index is -0.00856. The number of ketones is 1. The van der Waals surface area contributed by atoms with E-state index in [2.05, 4.69) is 0 Å². The monoisotopic (exact) mass is 261 g/mol. The Morgan fingerprint density at radius 2 is 2.21 bits per heavy atom. The number of benzene rings is 1. The molecule has 0 N–H and O–H groups in total. The molecule has 1 atom stereocenters. The fourth-order valence-corrected chi connectivity index (χ4v) is 2.12. The topological polar surface area (TPSA) is 46.6 Å². The van der Waals surface area contributed by atoms with Gasteiger partial charge in [-0.2, -0.15) is 0 Å². The van der Waals surface area contributed by atoms with Gasteiger partial charge in [0.25, 0.3) is 0 Å². The lowest BCUT2D eigenvalue weighted by Gasteiger charge is -2.18. The Kier molecular flexibility index (Phi) is 3.88. The van der Waals surface area contributed by atoms with Crippen LogP contribution in [-0.4, -0.2) is 25.3 Å². The van der Waals surface area contributed by atoms with Crippen molar-refractivity contribution in [3.05, 3.63) is 23.8 Å². The van der Waals surface area contributed by atoms with E-state index in [9.17, 15) is 9.59 Å². The number of anilines is 1. The number of ether oxygens (including phenoxy) is 1. The van der Waals surface area contributed by atoms with Gasteiger partial charge in [0.2, 0.25) is 5.91 Å². The smallest absolute Gasteiger partial charge is 0.230 e. The molecule has 0 saturated carbocycles. The van der Waals surface area contributed by atoms with Crippen LogP contribution >= 0.6 is 0 Å². The summed E-state index contributed by atoms with van der Waals surface area (Å²) in [6.45, 7) is 3.94. The Bertz CT molecular complexity index is 510. The van der Waals surface area contributed by atoms with Crippen molar-refractivity contribution in [2.24, 2.45) is 5.92 Å². The molecule has 1 aromatic carbocycles. The first-order valence-electron chi connectivity index (χ1n) is 6.51. The normalized spacial score (nSPS) is 16.4. The van der Waals surface area contributed by atoms with Gasteiger partial charge in [-0.25, -0.2) is 0 Å². The molecule has 1 aliphatic rings. The zero-order chi connectivity index (χ0) is 14.0. The second-order valence-electron chi connectivity index (χ2n) is 5.07. The summed E-state index contributed by atoms with van der Waals surface area (Å²) < 4.78 is 5.57. The van der Waals surface area contributed by atoms with Gasteiger partial charge < -0.3 is 9.64 Å². The molecule has 1 aromatic rings. The maximum Gasteiger partial charge on any atom is 0.230 e. The van der Waals surface area contributed by atoms with Crippen LogP contribution < -0.4 is 9.64 Å². The van der Waals surface area contributed by atoms with Crippen LogP contribution in [0.1, 0.15) is 25.8 Å². The van der Waals surface area contributed by atoms with Crippen molar-refractivity contribution >= 4 is 17.4 Å². The molecule has 1 aliphatic heterocycles. The molecule has 19 heavy (non-hydrogen) atoms. The number of fused-ring (bicyclic) bond motifs is 1. The number of hydrogen-bond donors (Lipinski definition) is 0. The molecule has 0 bridgehead atoms. The first kappa shape index (κ1) is 13.6. The molecule has 0 aliphatic carbocycles. The highest BCUT2D eigenvalue weighted by atomic mass is 16.5. The highest BCUT2D eigenvalue weighted by Gasteiger charge is 2.20. The van der Waals surface area contributed by atoms with E-state index in [-0.39, 0.29) is 17.6 Å². The van der Waals surface area contributed by atoms with Crippen LogP contribution in [0.3, 0.4) is 0 Å². The van der Waals surface area contributed by atoms with Gasteiger partial charge in [0.1, 0.15) is 11.5 Å². The third-order valence-electron chi connectivity index (χ3n) is 3.57. The molecule has 0 spiro atoms. The van der Waals surface area contributed by atoms with Gasteiger partial charge in [0.15, 0.2) is 0 Å². The van der Waals surface area contributed by atoms with Crippen molar-refractivity contribution in [1.29, 1.82) is 0 Å². The van der Waals surface area contributed by atoms with E-state index < -0.39 is 0 Å². The molecule has 4 heteroatoms. The molecule has 1 amide bonds. The summed E-state index contributed by atoms with van der Waals surface area (Å²) in [6, 6.07) is 5.78. The second-order valence-corrected chi connectivity index (χ2v) is 5.07. The lowest BCUT2D eigenvalue weighted by molar-refractivity contribution is -0.120. The van der Waals surface area contributed by atoms with Gasteiger partial charge in [-0.05, 0) is 31.0 Å². The number of rotatable bonds is 3. The van der Waals surface area contributed by atoms with Gasteiger partial charge in [-0.3, -0.25) is 9.59 Å². The van der Waals surface area contributed by atoms with Crippen molar-refractivity contribution < 1.29 is 14.3 Å². The first-order valence-corrected chi connectivity index (χ1v) is 6.51. The summed E-state index contributed by atoms with van der Waals surface area (Å²) >= 11 is 0. The maximum absolute atomic E-state index is 11.8. The summed E-state index contributed by atoms with van der Waals surface area (Å²) in [5, 5.41) is 0. The molecule has 0 radical (unpaired) electrons. The first-order chi connectivity index (χ1) is 8.99. The fraction of sp³-hybridized carbons (Fsp3) is 0.467. The van der Waals surface area contributed by atoms with Gasteiger partial charge in [0.05, 0.1) is 18.7 Å². The molecular formula is C15H19NO3. The third kappa shape index (κ3) is 2.95. The third-order valence-corrected chi connectivity index (χ3v) is 3.57. The van der Waals surface area contributed by atoms with Gasteiger partial charge >= 0.3 is 0 Å². The molecule has 2 rings (SSSR count). The molecule has 0 fully saturated rings. The van der Waals surface area contributed by atoms with E-state index in [0.29, 0.717) is 19.4 Å². The number of carbonyl (C=O) groups excluding carboxylic acids is 2. The van der Waals surface area contributed by atoms with Gasteiger partial charge in [-0.15, -0.1) is 0 Å². The Hall–Kier alpha value is -1.84. The van der Waals surface area contributed by atoms with Crippen LogP contribution in [-0.2, 0) is 16.0 Å². The van der Waals surface area contributed by atoms with Crippen molar-refractivity contribution in [2.75, 3.05) is 18.6 Å². The molecule has 1 heterocycles. The average Bonchev–Trinajstić information content (AvgIpc) is 2.51. The molecular weight excluding hydrogens is 242 g/mol. The van der Waals surface area contributed by atoms with E-state index >= 15 is 0 Å². The summed E-state index contributed by atoms with van der Waals surface area (Å²) in [7, 11) is 1.76. The summed E-state index contributed by atoms with van der Waals surface area (Å²) in [5.74, 6) is 0.949. The Morgan fingerprint density at radius 3 is 2.89 bits per heavy atom. The quantitative estimate of drug-likeness (QED) is 0.838. The van der Waals surface area contributed by atoms with Crippen LogP contribution in [0.5, 0.6) is 5.75 Å². The fourth-order valence-electron chi connectivity index (χ4n) is 2.12. The van der Waals surface area contributed by atoms with E-state index in [1.807, 2.05) is 25.1 Å². The molecule has 4 nitrogen and oxygen atoms in total. The van der Waals surface area contributed by atoms with Crippen LogP contribution in [0.2, 0.25) is 0 Å². The Labute approximate surface area is 113 Å². The molecule has 0 aromatic heterocycles. The molecule has 1 unspecified atom stereocenters. The SMILES string of the molecule is CC(=O)C(C)Cc1ccc2c(c1)N(C)C(=O)CCO2. The summed E-state index contributed by atoms with van der Waals surface area (Å²) in [4.78, 5) is 24.8. The predicted octanol–water partition coefficient (Wildman–Crippen LogP) is 2.20. The van der Waals surface area contributed by atoms with Crippen molar-refractivity contribution in [2.45, 2.75) is 26.7 Å². The number of carbonyl (C=O) groups is 2. The van der Waals surface area contributed by atoms with Crippen LogP contribution in [0.15, 0.2) is 18.2 Å². The van der Waals surface area contributed by atoms with E-state index in [1.54, 1.807) is 18.9 Å². The van der Waals surface area contributed by atoms with Crippen LogP contribution in [0.25, 0.3) is 0 Å². The second kappa shape index (κ2) is 5.43. The largest absolute Gasteiger partial charge is 0.491 e. The lowest BCUT2D eigenvalue weighted by Crippen LogP contribution is -2.25. The zero-order valence-corrected chi connectivity index (χ0v) is 11.6. The Balaban J connectivity index is 2.29. The molecule has 102 valence electrons. The number of nitrogens with zero attached hydrogens (tertiary/aromatic N) is 1. The summed E-state index contributed by atoms with van der Waals surface area (Å²) in [6.07, 6.45) is 1.08. The zero-order valence-electron chi connectivity index (χ0n) is 11.6. The van der Waals surface area contributed by atoms with E-state index in [0.717, 1.165) is 17.0 Å². The van der Waals surface area contributed by atoms with E-state index in [4.69, 9.17) is 4.74 Å². The highest BCUT2D eigenvalue weighted by molar-refractivity contribution is 5.95. The van der Waals surface area contributed by atoms with Crippen LogP contribution in [0.4, 0.5) is 5.69 Å². The Morgan fingerprint density at radius 1 is 1.47 bits per heavy atom. The van der Waals surface area contributed by atoms with Crippen molar-refractivity contribution in [3.8, 4) is 5.75 Å². The minimum Gasteiger partial charge on any atom is -0.491 e. The average molecular weight is 261 g/mol. The predicted molar refractivity (Wildman–Crippen MR) is 73.5 cm³/mol. The number of Topliss-reactive ketones (excluding diaryl/α,β-unsaturated/α-hetero) is 1. The standard InChI is InChI=1S/C15H19NO3/c1-10(11(2)17)8-12-4-5-14-13(9-12)16(3)15(18)6-7-19-14/h4-5,9-10H,6-8H2,1-3H3. The van der Waals surface area contributed by atoms with Gasteiger partial charge in [-0.1, -0.05) is 13.0 Å². The number of hydrogen-bond acceptors (Lipinski definition) is 3. The molecule has 0 saturated heterocycles. The minimum absolute atomic E-state index is 0.00856. The maximum atomic E-state index is 11.8. The van der Waals surface area contributed by atoms with Crippen molar-refractivity contribution in [1.82, 2.24) is 0 Å². The lowest BCUT2D eigenvalue weighted by atomic mass is 9.97. The highest BCUT2D eigenvalue weighted by Crippen LogP contribution is 2.32. The van der Waals surface area contributed by atoms with Crippen molar-refractivity contribution in [3.63, 3.8) is 0 Å². The van der Waals surface area contributed by atoms with Gasteiger partial charge in [0, 0.05) is 13.0 Å².